The second kappa shape index (κ2) is 14.8. The minimum Gasteiger partial charge on any atom is -0.313 e. The SMILES string of the molecule is O=C(CSc1nnc(Cc2c(NC(=O)c3ccccc3)sc3c2CCCC3)n1NC(=O)c1ccccc1)N/N=C/c1ccccc1. The zero-order valence-corrected chi connectivity index (χ0v) is 26.4. The van der Waals surface area contributed by atoms with Gasteiger partial charge in [-0.3, -0.25) is 19.8 Å². The van der Waals surface area contributed by atoms with Crippen LogP contribution in [0.2, 0.25) is 0 Å². The van der Waals surface area contributed by atoms with E-state index in [1.165, 1.54) is 15.1 Å². The van der Waals surface area contributed by atoms with Gasteiger partial charge in [-0.1, -0.05) is 78.5 Å². The molecule has 10 nitrogen and oxygen atoms in total. The first-order valence-electron chi connectivity index (χ1n) is 14.9. The van der Waals surface area contributed by atoms with E-state index in [0.29, 0.717) is 28.5 Å². The molecule has 2 aromatic heterocycles. The van der Waals surface area contributed by atoms with Crippen molar-refractivity contribution in [2.24, 2.45) is 5.10 Å². The molecular formula is C34H31N7O3S2. The quantitative estimate of drug-likeness (QED) is 0.0958. The minimum atomic E-state index is -0.342. The molecule has 3 N–H and O–H groups in total. The molecule has 12 heteroatoms. The van der Waals surface area contributed by atoms with Crippen molar-refractivity contribution in [2.75, 3.05) is 16.5 Å². The van der Waals surface area contributed by atoms with E-state index in [0.717, 1.165) is 53.6 Å². The van der Waals surface area contributed by atoms with Crippen LogP contribution in [0.5, 0.6) is 0 Å². The van der Waals surface area contributed by atoms with Crippen LogP contribution >= 0.6 is 23.1 Å². The first kappa shape index (κ1) is 30.9. The molecule has 0 unspecified atom stereocenters. The summed E-state index contributed by atoms with van der Waals surface area (Å²) in [5.41, 5.74) is 9.54. The fourth-order valence-electron chi connectivity index (χ4n) is 5.10. The summed E-state index contributed by atoms with van der Waals surface area (Å²) in [5.74, 6) is -0.379. The molecule has 232 valence electrons. The van der Waals surface area contributed by atoms with Crippen LogP contribution in [-0.2, 0) is 24.1 Å². The summed E-state index contributed by atoms with van der Waals surface area (Å²) in [4.78, 5) is 40.3. The fraction of sp³-hybridized carbons (Fsp3) is 0.176. The number of benzene rings is 3. The molecule has 0 saturated heterocycles. The number of carbonyl (C=O) groups is 3. The molecule has 2 heterocycles. The summed E-state index contributed by atoms with van der Waals surface area (Å²) < 4.78 is 1.54. The topological polar surface area (TPSA) is 130 Å². The average molecular weight is 650 g/mol. The van der Waals surface area contributed by atoms with Crippen molar-refractivity contribution in [1.82, 2.24) is 20.3 Å². The summed E-state index contributed by atoms with van der Waals surface area (Å²) in [6.07, 6.45) is 5.90. The zero-order chi connectivity index (χ0) is 31.7. The van der Waals surface area contributed by atoms with Gasteiger partial charge in [0.1, 0.15) is 0 Å². The van der Waals surface area contributed by atoms with E-state index in [2.05, 4.69) is 31.5 Å². The summed E-state index contributed by atoms with van der Waals surface area (Å²) in [5, 5.41) is 17.1. The molecule has 1 aliphatic rings. The molecule has 0 aliphatic heterocycles. The van der Waals surface area contributed by atoms with E-state index in [1.54, 1.807) is 53.9 Å². The van der Waals surface area contributed by atoms with Crippen LogP contribution in [0.4, 0.5) is 5.00 Å². The van der Waals surface area contributed by atoms with Crippen molar-refractivity contribution in [3.63, 3.8) is 0 Å². The van der Waals surface area contributed by atoms with Crippen LogP contribution < -0.4 is 16.2 Å². The number of amides is 3. The third kappa shape index (κ3) is 7.59. The molecule has 0 fully saturated rings. The number of fused-ring (bicyclic) bond motifs is 1. The summed E-state index contributed by atoms with van der Waals surface area (Å²) >= 11 is 2.73. The van der Waals surface area contributed by atoms with Crippen molar-refractivity contribution in [3.05, 3.63) is 130 Å². The first-order valence-corrected chi connectivity index (χ1v) is 16.7. The highest BCUT2D eigenvalue weighted by atomic mass is 32.2. The highest BCUT2D eigenvalue weighted by Crippen LogP contribution is 2.39. The number of thiophene rings is 1. The summed E-state index contributed by atoms with van der Waals surface area (Å²) in [7, 11) is 0. The van der Waals surface area contributed by atoms with Crippen LogP contribution in [0.25, 0.3) is 0 Å². The maximum absolute atomic E-state index is 13.3. The lowest BCUT2D eigenvalue weighted by atomic mass is 9.94. The molecule has 0 atom stereocenters. The lowest BCUT2D eigenvalue weighted by Gasteiger charge is -2.15. The molecule has 6 rings (SSSR count). The van der Waals surface area contributed by atoms with Gasteiger partial charge in [0.2, 0.25) is 5.16 Å². The first-order chi connectivity index (χ1) is 22.5. The largest absolute Gasteiger partial charge is 0.313 e. The van der Waals surface area contributed by atoms with E-state index in [-0.39, 0.29) is 23.5 Å². The Morgan fingerprint density at radius 3 is 2.22 bits per heavy atom. The maximum Gasteiger partial charge on any atom is 0.270 e. The second-order valence-electron chi connectivity index (χ2n) is 10.5. The Morgan fingerprint density at radius 2 is 1.50 bits per heavy atom. The van der Waals surface area contributed by atoms with Gasteiger partial charge in [-0.05, 0) is 66.6 Å². The van der Waals surface area contributed by atoms with Gasteiger partial charge >= 0.3 is 0 Å². The lowest BCUT2D eigenvalue weighted by Crippen LogP contribution is -2.26. The fourth-order valence-corrected chi connectivity index (χ4v) is 7.11. The van der Waals surface area contributed by atoms with Crippen LogP contribution in [0.3, 0.4) is 0 Å². The van der Waals surface area contributed by atoms with Crippen LogP contribution in [0, 0.1) is 0 Å². The summed E-state index contributed by atoms with van der Waals surface area (Å²) in [6.45, 7) is 0. The number of nitrogens with zero attached hydrogens (tertiary/aromatic N) is 4. The third-order valence-corrected chi connectivity index (χ3v) is 9.54. The number of rotatable bonds is 11. The molecule has 0 radical (unpaired) electrons. The Bertz CT molecular complexity index is 1860. The van der Waals surface area contributed by atoms with E-state index in [1.807, 2.05) is 54.6 Å². The van der Waals surface area contributed by atoms with Gasteiger partial charge in [-0.15, -0.1) is 21.5 Å². The predicted octanol–water partition coefficient (Wildman–Crippen LogP) is 5.69. The number of hydrazone groups is 1. The van der Waals surface area contributed by atoms with Crippen molar-refractivity contribution in [1.29, 1.82) is 0 Å². The molecule has 3 amide bonds. The monoisotopic (exact) mass is 649 g/mol. The molecular weight excluding hydrogens is 619 g/mol. The number of nitrogens with one attached hydrogen (secondary N) is 3. The van der Waals surface area contributed by atoms with E-state index >= 15 is 0 Å². The van der Waals surface area contributed by atoms with Crippen molar-refractivity contribution < 1.29 is 14.4 Å². The average Bonchev–Trinajstić information content (AvgIpc) is 3.64. The zero-order valence-electron chi connectivity index (χ0n) is 24.8. The molecule has 46 heavy (non-hydrogen) atoms. The van der Waals surface area contributed by atoms with Gasteiger partial charge in [0, 0.05) is 22.4 Å². The maximum atomic E-state index is 13.3. The van der Waals surface area contributed by atoms with Gasteiger partial charge in [0.05, 0.1) is 17.0 Å². The van der Waals surface area contributed by atoms with E-state index < -0.39 is 0 Å². The minimum absolute atomic E-state index is 0.00228. The number of hydrogen-bond acceptors (Lipinski definition) is 8. The van der Waals surface area contributed by atoms with Gasteiger partial charge < -0.3 is 5.32 Å². The third-order valence-electron chi connectivity index (χ3n) is 7.36. The Hall–Kier alpha value is -5.07. The number of thioether (sulfide) groups is 1. The van der Waals surface area contributed by atoms with Crippen molar-refractivity contribution >= 4 is 52.0 Å². The standard InChI is InChI=1S/C34H31N7O3S2/c42-30(38-35-21-23-12-4-1-5-13-23)22-45-34-39-37-29(41(34)40-32(44)25-16-8-3-9-17-25)20-27-26-18-10-11-19-28(26)46-33(27)36-31(43)24-14-6-2-7-15-24/h1-9,12-17,21H,10-11,18-20,22H2,(H,36,43)(H,38,42)(H,40,44)/b35-21+. The number of hydrogen-bond donors (Lipinski definition) is 3. The Morgan fingerprint density at radius 1 is 0.848 bits per heavy atom. The van der Waals surface area contributed by atoms with E-state index in [4.69, 9.17) is 0 Å². The lowest BCUT2D eigenvalue weighted by molar-refractivity contribution is -0.118. The highest BCUT2D eigenvalue weighted by Gasteiger charge is 2.25. The highest BCUT2D eigenvalue weighted by molar-refractivity contribution is 7.99. The molecule has 5 aromatic rings. The van der Waals surface area contributed by atoms with E-state index in [9.17, 15) is 14.4 Å². The smallest absolute Gasteiger partial charge is 0.270 e. The number of aryl methyl sites for hydroxylation is 1. The molecule has 0 saturated carbocycles. The van der Waals surface area contributed by atoms with Gasteiger partial charge in [-0.25, -0.2) is 10.1 Å². The van der Waals surface area contributed by atoms with Gasteiger partial charge in [-0.2, -0.15) is 5.10 Å². The van der Waals surface area contributed by atoms with Crippen LogP contribution in [-0.4, -0.2) is 44.6 Å². The Kier molecular flexibility index (Phi) is 9.96. The number of carbonyl (C=O) groups excluding carboxylic acids is 3. The summed E-state index contributed by atoms with van der Waals surface area (Å²) in [6, 6.07) is 27.4. The molecule has 0 bridgehead atoms. The normalized spacial score (nSPS) is 12.4. The predicted molar refractivity (Wildman–Crippen MR) is 181 cm³/mol. The van der Waals surface area contributed by atoms with Crippen molar-refractivity contribution in [2.45, 2.75) is 37.3 Å². The Labute approximate surface area is 274 Å². The number of anilines is 1. The van der Waals surface area contributed by atoms with Crippen LogP contribution in [0.15, 0.2) is 101 Å². The molecule has 3 aromatic carbocycles. The van der Waals surface area contributed by atoms with Gasteiger partial charge in [0.15, 0.2) is 5.82 Å². The van der Waals surface area contributed by atoms with Crippen LogP contribution in [0.1, 0.15) is 60.9 Å². The molecule has 0 spiro atoms. The second-order valence-corrected chi connectivity index (χ2v) is 12.6. The number of aromatic nitrogens is 3. The Balaban J connectivity index is 1.25. The van der Waals surface area contributed by atoms with Gasteiger partial charge in [0.25, 0.3) is 17.7 Å². The molecule has 1 aliphatic carbocycles. The van der Waals surface area contributed by atoms with Crippen molar-refractivity contribution in [3.8, 4) is 0 Å².